The highest BCUT2D eigenvalue weighted by Crippen LogP contribution is 2.16. The minimum atomic E-state index is 0.262. The molecule has 0 amide bonds. The first-order valence-electron chi connectivity index (χ1n) is 5.60. The number of anilines is 2. The fourth-order valence-electron chi connectivity index (χ4n) is 1.44. The summed E-state index contributed by atoms with van der Waals surface area (Å²) in [5.74, 6) is 2.03. The monoisotopic (exact) mass is 224 g/mol. The third kappa shape index (κ3) is 3.66. The Morgan fingerprint density at radius 2 is 1.94 bits per heavy atom. The highest BCUT2D eigenvalue weighted by molar-refractivity contribution is 5.54. The lowest BCUT2D eigenvalue weighted by molar-refractivity contribution is 0.283. The minimum absolute atomic E-state index is 0.262. The van der Waals surface area contributed by atoms with E-state index in [0.29, 0.717) is 11.6 Å². The second-order valence-electron chi connectivity index (χ2n) is 3.84. The minimum Gasteiger partial charge on any atom is -0.396 e. The van der Waals surface area contributed by atoms with Crippen molar-refractivity contribution in [2.75, 3.05) is 24.2 Å². The summed E-state index contributed by atoms with van der Waals surface area (Å²) in [6.45, 7) is 4.84. The first-order valence-corrected chi connectivity index (χ1v) is 5.60. The summed E-state index contributed by atoms with van der Waals surface area (Å²) in [5, 5.41) is 11.9. The zero-order chi connectivity index (χ0) is 12.0. The van der Waals surface area contributed by atoms with E-state index in [1.54, 1.807) is 0 Å². The lowest BCUT2D eigenvalue weighted by atomic mass is 10.2. The van der Waals surface area contributed by atoms with E-state index >= 15 is 0 Å². The first-order chi connectivity index (χ1) is 7.65. The zero-order valence-electron chi connectivity index (χ0n) is 9.95. The summed E-state index contributed by atoms with van der Waals surface area (Å²) in [6, 6.07) is 0. The molecule has 0 aliphatic carbocycles. The number of aryl methyl sites for hydroxylation is 1. The van der Waals surface area contributed by atoms with Crippen LogP contribution in [-0.2, 0) is 0 Å². The lowest BCUT2D eigenvalue weighted by Crippen LogP contribution is -2.09. The van der Waals surface area contributed by atoms with E-state index < -0.39 is 0 Å². The van der Waals surface area contributed by atoms with Gasteiger partial charge in [-0.15, -0.1) is 0 Å². The molecule has 0 fully saturated rings. The predicted octanol–water partition coefficient (Wildman–Crippen LogP) is 1.25. The van der Waals surface area contributed by atoms with Crippen molar-refractivity contribution < 1.29 is 5.11 Å². The van der Waals surface area contributed by atoms with Gasteiger partial charge in [0, 0.05) is 18.7 Å². The normalized spacial score (nSPS) is 10.4. The van der Waals surface area contributed by atoms with E-state index in [1.807, 2.05) is 13.8 Å². The molecular formula is C11H20N4O. The van der Waals surface area contributed by atoms with Crippen molar-refractivity contribution >= 4 is 11.6 Å². The Balaban J connectivity index is 2.47. The van der Waals surface area contributed by atoms with E-state index in [4.69, 9.17) is 10.8 Å². The van der Waals surface area contributed by atoms with E-state index in [1.165, 1.54) is 0 Å². The molecule has 1 rings (SSSR count). The summed E-state index contributed by atoms with van der Waals surface area (Å²) < 4.78 is 0. The molecule has 0 unspecified atom stereocenters. The molecule has 0 aliphatic heterocycles. The topological polar surface area (TPSA) is 84.1 Å². The first kappa shape index (κ1) is 12.7. The molecule has 90 valence electrons. The van der Waals surface area contributed by atoms with Gasteiger partial charge in [-0.1, -0.05) is 0 Å². The molecule has 0 spiro atoms. The summed E-state index contributed by atoms with van der Waals surface area (Å²) in [4.78, 5) is 8.38. The van der Waals surface area contributed by atoms with Gasteiger partial charge in [0.05, 0.1) is 0 Å². The molecule has 16 heavy (non-hydrogen) atoms. The van der Waals surface area contributed by atoms with Gasteiger partial charge in [0.25, 0.3) is 0 Å². The van der Waals surface area contributed by atoms with Gasteiger partial charge in [0.15, 0.2) is 0 Å². The van der Waals surface area contributed by atoms with Gasteiger partial charge < -0.3 is 16.2 Å². The average molecular weight is 224 g/mol. The SMILES string of the molecule is Cc1nc(N)c(C)c(NCCCCCO)n1. The average Bonchev–Trinajstić information content (AvgIpc) is 2.24. The Kier molecular flexibility index (Phi) is 4.98. The number of rotatable bonds is 6. The van der Waals surface area contributed by atoms with Crippen LogP contribution < -0.4 is 11.1 Å². The van der Waals surface area contributed by atoms with Crippen LogP contribution in [0.1, 0.15) is 30.7 Å². The van der Waals surface area contributed by atoms with Gasteiger partial charge in [-0.25, -0.2) is 9.97 Å². The van der Waals surface area contributed by atoms with Crippen LogP contribution in [0, 0.1) is 13.8 Å². The van der Waals surface area contributed by atoms with E-state index in [9.17, 15) is 0 Å². The fraction of sp³-hybridized carbons (Fsp3) is 0.636. The molecule has 0 aromatic carbocycles. The Morgan fingerprint density at radius 3 is 2.62 bits per heavy atom. The molecule has 5 heteroatoms. The number of aliphatic hydroxyl groups excluding tert-OH is 1. The molecule has 0 saturated heterocycles. The van der Waals surface area contributed by atoms with Gasteiger partial charge in [-0.2, -0.15) is 0 Å². The largest absolute Gasteiger partial charge is 0.396 e. The number of nitrogens with zero attached hydrogens (tertiary/aromatic N) is 2. The van der Waals surface area contributed by atoms with Gasteiger partial charge in [0.1, 0.15) is 17.5 Å². The Bertz CT molecular complexity index is 341. The second-order valence-corrected chi connectivity index (χ2v) is 3.84. The summed E-state index contributed by atoms with van der Waals surface area (Å²) in [6.07, 6.45) is 2.89. The van der Waals surface area contributed by atoms with Crippen LogP contribution in [0.5, 0.6) is 0 Å². The van der Waals surface area contributed by atoms with Crippen molar-refractivity contribution in [3.8, 4) is 0 Å². The van der Waals surface area contributed by atoms with E-state index in [0.717, 1.165) is 37.2 Å². The third-order valence-electron chi connectivity index (χ3n) is 2.42. The predicted molar refractivity (Wildman–Crippen MR) is 65.3 cm³/mol. The number of nitrogens with two attached hydrogens (primary N) is 1. The third-order valence-corrected chi connectivity index (χ3v) is 2.42. The van der Waals surface area contributed by atoms with Crippen LogP contribution in [0.4, 0.5) is 11.6 Å². The van der Waals surface area contributed by atoms with Crippen molar-refractivity contribution in [1.29, 1.82) is 0 Å². The highest BCUT2D eigenvalue weighted by Gasteiger charge is 2.05. The molecule has 5 nitrogen and oxygen atoms in total. The van der Waals surface area contributed by atoms with Crippen molar-refractivity contribution in [3.63, 3.8) is 0 Å². The summed E-state index contributed by atoms with van der Waals surface area (Å²) >= 11 is 0. The molecule has 0 radical (unpaired) electrons. The number of aliphatic hydroxyl groups is 1. The van der Waals surface area contributed by atoms with Crippen LogP contribution >= 0.6 is 0 Å². The summed E-state index contributed by atoms with van der Waals surface area (Å²) in [7, 11) is 0. The molecule has 0 atom stereocenters. The molecular weight excluding hydrogens is 204 g/mol. The number of aromatic nitrogens is 2. The molecule has 0 bridgehead atoms. The van der Waals surface area contributed by atoms with Gasteiger partial charge in [-0.05, 0) is 33.1 Å². The molecule has 0 aliphatic rings. The molecule has 4 N–H and O–H groups in total. The number of unbranched alkanes of at least 4 members (excludes halogenated alkanes) is 2. The smallest absolute Gasteiger partial charge is 0.134 e. The number of nitrogens with one attached hydrogen (secondary N) is 1. The van der Waals surface area contributed by atoms with Crippen LogP contribution in [0.15, 0.2) is 0 Å². The quantitative estimate of drug-likeness (QED) is 0.633. The molecule has 1 aromatic rings. The number of nitrogen functional groups attached to an aromatic ring is 1. The lowest BCUT2D eigenvalue weighted by Gasteiger charge is -2.10. The van der Waals surface area contributed by atoms with Gasteiger partial charge in [0.2, 0.25) is 0 Å². The Labute approximate surface area is 96.1 Å². The van der Waals surface area contributed by atoms with Crippen molar-refractivity contribution in [2.24, 2.45) is 0 Å². The van der Waals surface area contributed by atoms with Crippen LogP contribution in [0.2, 0.25) is 0 Å². The highest BCUT2D eigenvalue weighted by atomic mass is 16.2. The van der Waals surface area contributed by atoms with Crippen molar-refractivity contribution in [1.82, 2.24) is 9.97 Å². The molecule has 1 aromatic heterocycles. The van der Waals surface area contributed by atoms with Gasteiger partial charge >= 0.3 is 0 Å². The Hall–Kier alpha value is -1.36. The summed E-state index contributed by atoms with van der Waals surface area (Å²) in [5.41, 5.74) is 6.65. The maximum atomic E-state index is 8.64. The van der Waals surface area contributed by atoms with Crippen LogP contribution in [0.3, 0.4) is 0 Å². The molecule has 1 heterocycles. The van der Waals surface area contributed by atoms with E-state index in [2.05, 4.69) is 15.3 Å². The Morgan fingerprint density at radius 1 is 1.19 bits per heavy atom. The van der Waals surface area contributed by atoms with Gasteiger partial charge in [-0.3, -0.25) is 0 Å². The molecule has 0 saturated carbocycles. The van der Waals surface area contributed by atoms with Crippen molar-refractivity contribution in [3.05, 3.63) is 11.4 Å². The zero-order valence-corrected chi connectivity index (χ0v) is 9.95. The number of hydrogen-bond donors (Lipinski definition) is 3. The maximum Gasteiger partial charge on any atom is 0.134 e. The van der Waals surface area contributed by atoms with E-state index in [-0.39, 0.29) is 6.61 Å². The fourth-order valence-corrected chi connectivity index (χ4v) is 1.44. The second kappa shape index (κ2) is 6.27. The van der Waals surface area contributed by atoms with Crippen LogP contribution in [-0.4, -0.2) is 28.2 Å². The maximum absolute atomic E-state index is 8.64. The number of hydrogen-bond acceptors (Lipinski definition) is 5. The van der Waals surface area contributed by atoms with Crippen molar-refractivity contribution in [2.45, 2.75) is 33.1 Å². The van der Waals surface area contributed by atoms with Crippen LogP contribution in [0.25, 0.3) is 0 Å². The standard InChI is InChI=1S/C11H20N4O/c1-8-10(12)14-9(2)15-11(8)13-6-4-3-5-7-16/h16H,3-7H2,1-2H3,(H3,12,13,14,15).